The summed E-state index contributed by atoms with van der Waals surface area (Å²) in [6, 6.07) is 4.84. The number of halogens is 1. The van der Waals surface area contributed by atoms with E-state index in [4.69, 9.17) is 4.74 Å². The first-order chi connectivity index (χ1) is 9.11. The van der Waals surface area contributed by atoms with Crippen molar-refractivity contribution < 1.29 is 18.8 Å². The number of carbonyl (C=O) groups is 1. The molecule has 0 aliphatic rings. The molecule has 20 heavy (non-hydrogen) atoms. The van der Waals surface area contributed by atoms with E-state index in [2.05, 4.69) is 6.58 Å². The van der Waals surface area contributed by atoms with Gasteiger partial charge in [-0.3, -0.25) is 10.1 Å². The standard InChI is InChI=1S/C14H16FNO4/c1-9(13(17)20-14(2,3)4)12(15)10-5-7-11(8-6-10)16(18)19/h5-8,12H,1H2,2-4H3. The SMILES string of the molecule is C=C(C(=O)OC(C)(C)C)C(F)c1ccc([N+](=O)[O-])cc1. The molecule has 0 aliphatic carbocycles. The lowest BCUT2D eigenvalue weighted by Crippen LogP contribution is -2.25. The number of hydrogen-bond donors (Lipinski definition) is 0. The quantitative estimate of drug-likeness (QED) is 0.366. The third-order valence-electron chi connectivity index (χ3n) is 2.36. The highest BCUT2D eigenvalue weighted by atomic mass is 19.1. The molecule has 0 saturated carbocycles. The summed E-state index contributed by atoms with van der Waals surface area (Å²) in [5.74, 6) is -0.830. The summed E-state index contributed by atoms with van der Waals surface area (Å²) in [6.07, 6.45) is -1.76. The van der Waals surface area contributed by atoms with Gasteiger partial charge >= 0.3 is 5.97 Å². The number of alkyl halides is 1. The van der Waals surface area contributed by atoms with Gasteiger partial charge < -0.3 is 4.74 Å². The van der Waals surface area contributed by atoms with E-state index in [1.807, 2.05) is 0 Å². The van der Waals surface area contributed by atoms with Crippen LogP contribution in [0.25, 0.3) is 0 Å². The Morgan fingerprint density at radius 2 is 1.85 bits per heavy atom. The Balaban J connectivity index is 2.84. The Bertz CT molecular complexity index is 531. The second-order valence-electron chi connectivity index (χ2n) is 5.24. The zero-order chi connectivity index (χ0) is 15.5. The van der Waals surface area contributed by atoms with Gasteiger partial charge in [-0.25, -0.2) is 9.18 Å². The van der Waals surface area contributed by atoms with E-state index in [9.17, 15) is 19.3 Å². The lowest BCUT2D eigenvalue weighted by molar-refractivity contribution is -0.384. The molecule has 0 heterocycles. The first-order valence-corrected chi connectivity index (χ1v) is 5.92. The molecule has 6 heteroatoms. The Kier molecular flexibility index (Phi) is 4.60. The van der Waals surface area contributed by atoms with Crippen molar-refractivity contribution in [2.24, 2.45) is 0 Å². The summed E-state index contributed by atoms with van der Waals surface area (Å²) < 4.78 is 19.1. The van der Waals surface area contributed by atoms with Crippen molar-refractivity contribution in [1.29, 1.82) is 0 Å². The molecule has 0 aromatic heterocycles. The molecular formula is C14H16FNO4. The summed E-state index contributed by atoms with van der Waals surface area (Å²) >= 11 is 0. The predicted octanol–water partition coefficient (Wildman–Crippen LogP) is 3.50. The van der Waals surface area contributed by atoms with Crippen molar-refractivity contribution in [2.75, 3.05) is 0 Å². The second kappa shape index (κ2) is 5.81. The second-order valence-corrected chi connectivity index (χ2v) is 5.24. The molecule has 1 rings (SSSR count). The highest BCUT2D eigenvalue weighted by Gasteiger charge is 2.25. The number of esters is 1. The third kappa shape index (κ3) is 4.15. The largest absolute Gasteiger partial charge is 0.457 e. The Morgan fingerprint density at radius 1 is 1.35 bits per heavy atom. The van der Waals surface area contributed by atoms with Crippen LogP contribution in [0.5, 0.6) is 0 Å². The highest BCUT2D eigenvalue weighted by Crippen LogP contribution is 2.28. The molecule has 108 valence electrons. The monoisotopic (exact) mass is 281 g/mol. The lowest BCUT2D eigenvalue weighted by atomic mass is 10.0. The normalized spacial score (nSPS) is 12.6. The van der Waals surface area contributed by atoms with Crippen LogP contribution >= 0.6 is 0 Å². The van der Waals surface area contributed by atoms with Crippen LogP contribution in [0.1, 0.15) is 32.5 Å². The van der Waals surface area contributed by atoms with Gasteiger partial charge in [0.1, 0.15) is 5.60 Å². The number of benzene rings is 1. The topological polar surface area (TPSA) is 69.4 Å². The van der Waals surface area contributed by atoms with Gasteiger partial charge in [-0.15, -0.1) is 0 Å². The summed E-state index contributed by atoms with van der Waals surface area (Å²) in [4.78, 5) is 21.6. The van der Waals surface area contributed by atoms with E-state index >= 15 is 0 Å². The maximum absolute atomic E-state index is 14.1. The fraction of sp³-hybridized carbons (Fsp3) is 0.357. The maximum Gasteiger partial charge on any atom is 0.337 e. The van der Waals surface area contributed by atoms with Gasteiger partial charge in [0, 0.05) is 12.1 Å². The molecule has 1 unspecified atom stereocenters. The fourth-order valence-electron chi connectivity index (χ4n) is 1.41. The van der Waals surface area contributed by atoms with Crippen LogP contribution in [0.4, 0.5) is 10.1 Å². The third-order valence-corrected chi connectivity index (χ3v) is 2.36. The number of rotatable bonds is 4. The van der Waals surface area contributed by atoms with Crippen molar-refractivity contribution in [2.45, 2.75) is 32.5 Å². The molecule has 0 fully saturated rings. The average Bonchev–Trinajstić information content (AvgIpc) is 2.35. The predicted molar refractivity (Wildman–Crippen MR) is 71.9 cm³/mol. The minimum Gasteiger partial charge on any atom is -0.457 e. The molecule has 0 bridgehead atoms. The zero-order valence-electron chi connectivity index (χ0n) is 11.6. The smallest absolute Gasteiger partial charge is 0.337 e. The Morgan fingerprint density at radius 3 is 2.25 bits per heavy atom. The van der Waals surface area contributed by atoms with Crippen molar-refractivity contribution in [1.82, 2.24) is 0 Å². The van der Waals surface area contributed by atoms with Crippen LogP contribution in [-0.4, -0.2) is 16.5 Å². The van der Waals surface area contributed by atoms with Crippen molar-refractivity contribution >= 4 is 11.7 Å². The van der Waals surface area contributed by atoms with E-state index in [-0.39, 0.29) is 16.8 Å². The van der Waals surface area contributed by atoms with Crippen LogP contribution in [0.15, 0.2) is 36.4 Å². The van der Waals surface area contributed by atoms with Crippen LogP contribution in [0.2, 0.25) is 0 Å². The summed E-state index contributed by atoms with van der Waals surface area (Å²) in [5.41, 5.74) is -1.11. The molecule has 0 N–H and O–H groups in total. The van der Waals surface area contributed by atoms with Crippen LogP contribution < -0.4 is 0 Å². The van der Waals surface area contributed by atoms with Gasteiger partial charge in [0.2, 0.25) is 0 Å². The minimum absolute atomic E-state index is 0.117. The molecule has 5 nitrogen and oxygen atoms in total. The Labute approximate surface area is 116 Å². The van der Waals surface area contributed by atoms with Gasteiger partial charge in [-0.05, 0) is 38.5 Å². The first kappa shape index (κ1) is 15.8. The van der Waals surface area contributed by atoms with Gasteiger partial charge in [0.25, 0.3) is 5.69 Å². The fourth-order valence-corrected chi connectivity index (χ4v) is 1.41. The van der Waals surface area contributed by atoms with Gasteiger partial charge in [-0.2, -0.15) is 0 Å². The first-order valence-electron chi connectivity index (χ1n) is 5.92. The van der Waals surface area contributed by atoms with Crippen molar-refractivity contribution in [3.05, 3.63) is 52.1 Å². The number of non-ortho nitro benzene ring substituents is 1. The number of nitrogens with zero attached hydrogens (tertiary/aromatic N) is 1. The number of nitro benzene ring substituents is 1. The lowest BCUT2D eigenvalue weighted by Gasteiger charge is -2.21. The van der Waals surface area contributed by atoms with Crippen LogP contribution in [-0.2, 0) is 9.53 Å². The highest BCUT2D eigenvalue weighted by molar-refractivity contribution is 5.89. The van der Waals surface area contributed by atoms with E-state index < -0.39 is 22.7 Å². The molecule has 1 atom stereocenters. The maximum atomic E-state index is 14.1. The van der Waals surface area contributed by atoms with Gasteiger partial charge in [0.15, 0.2) is 6.17 Å². The number of hydrogen-bond acceptors (Lipinski definition) is 4. The molecule has 0 saturated heterocycles. The van der Waals surface area contributed by atoms with Crippen LogP contribution in [0.3, 0.4) is 0 Å². The zero-order valence-corrected chi connectivity index (χ0v) is 11.6. The molecule has 0 spiro atoms. The van der Waals surface area contributed by atoms with Gasteiger partial charge in [0.05, 0.1) is 10.5 Å². The Hall–Kier alpha value is -2.24. The van der Waals surface area contributed by atoms with Gasteiger partial charge in [-0.1, -0.05) is 6.58 Å². The van der Waals surface area contributed by atoms with E-state index in [0.29, 0.717) is 0 Å². The van der Waals surface area contributed by atoms with Crippen LogP contribution in [0, 0.1) is 10.1 Å². The minimum atomic E-state index is -1.76. The van der Waals surface area contributed by atoms with E-state index in [1.54, 1.807) is 20.8 Å². The molecule has 1 aromatic rings. The van der Waals surface area contributed by atoms with Crippen molar-refractivity contribution in [3.63, 3.8) is 0 Å². The molecule has 0 radical (unpaired) electrons. The van der Waals surface area contributed by atoms with E-state index in [1.165, 1.54) is 24.3 Å². The number of carbonyl (C=O) groups excluding carboxylic acids is 1. The van der Waals surface area contributed by atoms with Crippen molar-refractivity contribution in [3.8, 4) is 0 Å². The summed E-state index contributed by atoms with van der Waals surface area (Å²) in [7, 11) is 0. The summed E-state index contributed by atoms with van der Waals surface area (Å²) in [5, 5.41) is 10.5. The average molecular weight is 281 g/mol. The number of ether oxygens (including phenoxy) is 1. The molecule has 0 amide bonds. The number of nitro groups is 1. The molecule has 1 aromatic carbocycles. The summed E-state index contributed by atoms with van der Waals surface area (Å²) in [6.45, 7) is 8.38. The molecular weight excluding hydrogens is 265 g/mol. The van der Waals surface area contributed by atoms with E-state index in [0.717, 1.165) is 0 Å². The molecule has 0 aliphatic heterocycles.